The Labute approximate surface area is 167 Å². The molecule has 0 saturated carbocycles. The lowest BCUT2D eigenvalue weighted by Gasteiger charge is -2.16. The maximum atomic E-state index is 11.7. The molecule has 0 fully saturated rings. The molecule has 154 valence electrons. The lowest BCUT2D eigenvalue weighted by Crippen LogP contribution is -2.34. The second kappa shape index (κ2) is 9.40. The van der Waals surface area contributed by atoms with Crippen LogP contribution in [-0.4, -0.2) is 41.5 Å². The molecule has 2 aromatic carbocycles. The second-order valence-electron chi connectivity index (χ2n) is 6.58. The lowest BCUT2D eigenvalue weighted by molar-refractivity contribution is 0.225. The molecule has 1 atom stereocenters. The van der Waals surface area contributed by atoms with Crippen molar-refractivity contribution in [1.29, 1.82) is 0 Å². The zero-order valence-electron chi connectivity index (χ0n) is 16.2. The Morgan fingerprint density at radius 2 is 1.68 bits per heavy atom. The standard InChI is InChI=1S/C19H26N2O5S2/c1-4-12-28(24,25)20-14-15(2)26-19-10-8-16(9-11-19)17-6-5-7-18(13-17)21-27(3,22)23/h5-11,13,15,20-21H,4,12,14H2,1-3H3/t15-/m1/s1. The molecule has 0 spiro atoms. The van der Waals surface area contributed by atoms with Crippen molar-refractivity contribution in [1.82, 2.24) is 4.72 Å². The normalized spacial score (nSPS) is 13.1. The van der Waals surface area contributed by atoms with Crippen molar-refractivity contribution in [2.24, 2.45) is 0 Å². The summed E-state index contributed by atoms with van der Waals surface area (Å²) in [4.78, 5) is 0. The fourth-order valence-corrected chi connectivity index (χ4v) is 4.29. The molecule has 0 unspecified atom stereocenters. The first-order chi connectivity index (χ1) is 13.1. The van der Waals surface area contributed by atoms with Crippen LogP contribution in [0.5, 0.6) is 5.75 Å². The molecule has 0 bridgehead atoms. The van der Waals surface area contributed by atoms with Gasteiger partial charge in [0.2, 0.25) is 20.0 Å². The molecule has 0 amide bonds. The van der Waals surface area contributed by atoms with Crippen LogP contribution in [0.4, 0.5) is 5.69 Å². The zero-order chi connectivity index (χ0) is 20.8. The van der Waals surface area contributed by atoms with E-state index >= 15 is 0 Å². The van der Waals surface area contributed by atoms with Gasteiger partial charge in [0.05, 0.1) is 12.0 Å². The van der Waals surface area contributed by atoms with Gasteiger partial charge >= 0.3 is 0 Å². The molecule has 0 aliphatic carbocycles. The van der Waals surface area contributed by atoms with Crippen molar-refractivity contribution in [2.45, 2.75) is 26.4 Å². The minimum absolute atomic E-state index is 0.0989. The number of sulfonamides is 2. The van der Waals surface area contributed by atoms with E-state index in [1.807, 2.05) is 25.1 Å². The molecule has 0 aliphatic heterocycles. The molecule has 0 saturated heterocycles. The first-order valence-corrected chi connectivity index (χ1v) is 12.4. The van der Waals surface area contributed by atoms with Gasteiger partial charge in [0.1, 0.15) is 11.9 Å². The van der Waals surface area contributed by atoms with E-state index in [2.05, 4.69) is 9.44 Å². The van der Waals surface area contributed by atoms with Crippen LogP contribution < -0.4 is 14.2 Å². The van der Waals surface area contributed by atoms with Gasteiger partial charge in [0, 0.05) is 12.2 Å². The molecular weight excluding hydrogens is 400 g/mol. The largest absolute Gasteiger partial charge is 0.489 e. The molecule has 0 heterocycles. The van der Waals surface area contributed by atoms with Gasteiger partial charge in [-0.1, -0.05) is 31.2 Å². The first-order valence-electron chi connectivity index (χ1n) is 8.90. The molecule has 0 radical (unpaired) electrons. The van der Waals surface area contributed by atoms with Crippen LogP contribution in [0.2, 0.25) is 0 Å². The molecular formula is C19H26N2O5S2. The summed E-state index contributed by atoms with van der Waals surface area (Å²) >= 11 is 0. The average Bonchev–Trinajstić information content (AvgIpc) is 2.59. The summed E-state index contributed by atoms with van der Waals surface area (Å²) in [6.45, 7) is 3.81. The Kier molecular flexibility index (Phi) is 7.45. The third kappa shape index (κ3) is 7.49. The Hall–Kier alpha value is -2.10. The first kappa shape index (κ1) is 22.2. The average molecular weight is 427 g/mol. The fraction of sp³-hybridized carbons (Fsp3) is 0.368. The maximum absolute atomic E-state index is 11.7. The van der Waals surface area contributed by atoms with Crippen LogP contribution in [-0.2, 0) is 20.0 Å². The minimum atomic E-state index is -3.33. The summed E-state index contributed by atoms with van der Waals surface area (Å²) in [5, 5.41) is 0. The van der Waals surface area contributed by atoms with Gasteiger partial charge in [0.25, 0.3) is 0 Å². The Morgan fingerprint density at radius 1 is 1.00 bits per heavy atom. The number of anilines is 1. The monoisotopic (exact) mass is 426 g/mol. The zero-order valence-corrected chi connectivity index (χ0v) is 17.8. The second-order valence-corrected chi connectivity index (χ2v) is 10.3. The predicted octanol–water partition coefficient (Wildman–Crippen LogP) is 2.82. The van der Waals surface area contributed by atoms with Crippen LogP contribution in [0, 0.1) is 0 Å². The SMILES string of the molecule is CCCS(=O)(=O)NC[C@@H](C)Oc1ccc(-c2cccc(NS(C)(=O)=O)c2)cc1. The highest BCUT2D eigenvalue weighted by atomic mass is 32.2. The van der Waals surface area contributed by atoms with Crippen molar-refractivity contribution in [2.75, 3.05) is 23.3 Å². The van der Waals surface area contributed by atoms with E-state index in [4.69, 9.17) is 4.74 Å². The molecule has 7 nitrogen and oxygen atoms in total. The topological polar surface area (TPSA) is 102 Å². The summed E-state index contributed by atoms with van der Waals surface area (Å²) in [6.07, 6.45) is 1.35. The summed E-state index contributed by atoms with van der Waals surface area (Å²) in [6, 6.07) is 14.4. The predicted molar refractivity (Wildman–Crippen MR) is 113 cm³/mol. The van der Waals surface area contributed by atoms with Gasteiger partial charge in [-0.25, -0.2) is 21.6 Å². The molecule has 2 N–H and O–H groups in total. The van der Waals surface area contributed by atoms with E-state index in [1.54, 1.807) is 37.3 Å². The number of benzene rings is 2. The van der Waals surface area contributed by atoms with Crippen LogP contribution in [0.15, 0.2) is 48.5 Å². The quantitative estimate of drug-likeness (QED) is 0.608. The van der Waals surface area contributed by atoms with Crippen molar-refractivity contribution in [3.8, 4) is 16.9 Å². The van der Waals surface area contributed by atoms with Gasteiger partial charge in [-0.2, -0.15) is 0 Å². The van der Waals surface area contributed by atoms with Crippen molar-refractivity contribution < 1.29 is 21.6 Å². The summed E-state index contributed by atoms with van der Waals surface area (Å²) in [7, 11) is -6.59. The van der Waals surface area contributed by atoms with Gasteiger partial charge in [-0.05, 0) is 48.7 Å². The van der Waals surface area contributed by atoms with E-state index < -0.39 is 20.0 Å². The number of hydrogen-bond donors (Lipinski definition) is 2. The van der Waals surface area contributed by atoms with Gasteiger partial charge < -0.3 is 4.74 Å². The summed E-state index contributed by atoms with van der Waals surface area (Å²) in [5.74, 6) is 0.721. The molecule has 0 aliphatic rings. The van der Waals surface area contributed by atoms with Gasteiger partial charge in [-0.15, -0.1) is 0 Å². The Bertz CT molecular complexity index is 987. The Balaban J connectivity index is 2.01. The van der Waals surface area contributed by atoms with E-state index in [-0.39, 0.29) is 18.4 Å². The van der Waals surface area contributed by atoms with Crippen molar-refractivity contribution in [3.05, 3.63) is 48.5 Å². The van der Waals surface area contributed by atoms with E-state index in [9.17, 15) is 16.8 Å². The minimum Gasteiger partial charge on any atom is -0.489 e. The lowest BCUT2D eigenvalue weighted by atomic mass is 10.1. The number of rotatable bonds is 10. The number of ether oxygens (including phenoxy) is 1. The molecule has 2 rings (SSSR count). The molecule has 2 aromatic rings. The van der Waals surface area contributed by atoms with Crippen molar-refractivity contribution in [3.63, 3.8) is 0 Å². The number of hydrogen-bond acceptors (Lipinski definition) is 5. The fourth-order valence-electron chi connectivity index (χ4n) is 2.56. The molecule has 28 heavy (non-hydrogen) atoms. The summed E-state index contributed by atoms with van der Waals surface area (Å²) in [5.41, 5.74) is 2.26. The van der Waals surface area contributed by atoms with Crippen molar-refractivity contribution >= 4 is 25.7 Å². The van der Waals surface area contributed by atoms with Crippen LogP contribution in [0.1, 0.15) is 20.3 Å². The van der Waals surface area contributed by atoms with E-state index in [0.29, 0.717) is 17.9 Å². The highest BCUT2D eigenvalue weighted by molar-refractivity contribution is 7.92. The van der Waals surface area contributed by atoms with E-state index in [0.717, 1.165) is 17.4 Å². The van der Waals surface area contributed by atoms with Gasteiger partial charge in [-0.3, -0.25) is 4.72 Å². The molecule has 9 heteroatoms. The third-order valence-electron chi connectivity index (χ3n) is 3.75. The van der Waals surface area contributed by atoms with Crippen LogP contribution in [0.25, 0.3) is 11.1 Å². The smallest absolute Gasteiger partial charge is 0.229 e. The highest BCUT2D eigenvalue weighted by Crippen LogP contribution is 2.25. The van der Waals surface area contributed by atoms with Gasteiger partial charge in [0.15, 0.2) is 0 Å². The summed E-state index contributed by atoms with van der Waals surface area (Å²) < 4.78 is 56.9. The highest BCUT2D eigenvalue weighted by Gasteiger charge is 2.12. The van der Waals surface area contributed by atoms with E-state index in [1.165, 1.54) is 0 Å². The van der Waals surface area contributed by atoms with Crippen LogP contribution >= 0.6 is 0 Å². The third-order valence-corrected chi connectivity index (χ3v) is 5.91. The maximum Gasteiger partial charge on any atom is 0.229 e. The molecule has 0 aromatic heterocycles. The number of nitrogens with one attached hydrogen (secondary N) is 2. The van der Waals surface area contributed by atoms with Crippen LogP contribution in [0.3, 0.4) is 0 Å². The Morgan fingerprint density at radius 3 is 2.29 bits per heavy atom.